The molecule has 0 saturated carbocycles. The molecule has 9 heteroatoms. The first-order valence-corrected chi connectivity index (χ1v) is 7.41. The molecule has 0 spiro atoms. The Morgan fingerprint density at radius 2 is 2.08 bits per heavy atom. The Morgan fingerprint density at radius 1 is 1.29 bits per heavy atom. The molecule has 1 aromatic carbocycles. The van der Waals surface area contributed by atoms with E-state index in [4.69, 9.17) is 0 Å². The number of aromatic amines is 1. The van der Waals surface area contributed by atoms with Crippen LogP contribution >= 0.6 is 0 Å². The second-order valence-electron chi connectivity index (χ2n) is 5.55. The van der Waals surface area contributed by atoms with Crippen molar-refractivity contribution >= 4 is 5.91 Å². The number of amides is 1. The number of carbonyl (C=O) groups excluding carboxylic acids is 1. The van der Waals surface area contributed by atoms with Crippen LogP contribution in [0.3, 0.4) is 0 Å². The summed E-state index contributed by atoms with van der Waals surface area (Å²) in [6, 6.07) is 2.27. The Labute approximate surface area is 134 Å². The van der Waals surface area contributed by atoms with Crippen LogP contribution in [0.2, 0.25) is 0 Å². The van der Waals surface area contributed by atoms with Crippen molar-refractivity contribution in [1.29, 1.82) is 0 Å². The molecule has 2 aromatic rings. The molecule has 1 N–H and O–H groups in total. The first-order chi connectivity index (χ1) is 11.4. The van der Waals surface area contributed by atoms with E-state index in [2.05, 4.69) is 15.2 Å². The number of halogens is 4. The zero-order valence-electron chi connectivity index (χ0n) is 12.5. The molecule has 24 heavy (non-hydrogen) atoms. The number of alkyl halides is 3. The Hall–Kier alpha value is -2.45. The highest BCUT2D eigenvalue weighted by Crippen LogP contribution is 2.34. The summed E-state index contributed by atoms with van der Waals surface area (Å²) in [4.78, 5) is 18.0. The van der Waals surface area contributed by atoms with Crippen molar-refractivity contribution in [1.82, 2.24) is 20.1 Å². The maximum absolute atomic E-state index is 14.2. The fourth-order valence-corrected chi connectivity index (χ4v) is 2.91. The third kappa shape index (κ3) is 2.98. The van der Waals surface area contributed by atoms with E-state index in [9.17, 15) is 22.4 Å². The van der Waals surface area contributed by atoms with E-state index in [1.807, 2.05) is 0 Å². The van der Waals surface area contributed by atoms with Gasteiger partial charge in [-0.1, -0.05) is 6.07 Å². The van der Waals surface area contributed by atoms with E-state index in [1.165, 1.54) is 11.2 Å². The fraction of sp³-hybridized carbons (Fsp3) is 0.400. The SMILES string of the molecule is O=C(c1cccc(C(F)(F)F)c1F)N1CCCC[C@@H]1c1ncn[nH]1. The second-order valence-corrected chi connectivity index (χ2v) is 5.55. The summed E-state index contributed by atoms with van der Waals surface area (Å²) in [5.41, 5.74) is -2.03. The lowest BCUT2D eigenvalue weighted by Crippen LogP contribution is -2.39. The van der Waals surface area contributed by atoms with Crippen molar-refractivity contribution in [2.75, 3.05) is 6.54 Å². The maximum Gasteiger partial charge on any atom is 0.419 e. The monoisotopic (exact) mass is 342 g/mol. The first-order valence-electron chi connectivity index (χ1n) is 7.41. The van der Waals surface area contributed by atoms with Crippen LogP contribution in [0.15, 0.2) is 24.5 Å². The minimum Gasteiger partial charge on any atom is -0.328 e. The van der Waals surface area contributed by atoms with Gasteiger partial charge >= 0.3 is 6.18 Å². The highest BCUT2D eigenvalue weighted by atomic mass is 19.4. The summed E-state index contributed by atoms with van der Waals surface area (Å²) in [5, 5.41) is 6.40. The molecule has 0 unspecified atom stereocenters. The standard InChI is InChI=1S/C15H14F4N4O/c16-12-9(4-3-5-10(12)15(17,18)19)14(24)23-7-2-1-6-11(23)13-20-8-21-22-13/h3-5,8,11H,1-2,6-7H2,(H,20,21,22)/t11-/m1/s1. The predicted molar refractivity (Wildman–Crippen MR) is 75.4 cm³/mol. The minimum atomic E-state index is -4.85. The molecule has 1 aromatic heterocycles. The van der Waals surface area contributed by atoms with Crippen molar-refractivity contribution in [3.05, 3.63) is 47.3 Å². The Balaban J connectivity index is 1.96. The number of hydrogen-bond donors (Lipinski definition) is 1. The average molecular weight is 342 g/mol. The summed E-state index contributed by atoms with van der Waals surface area (Å²) < 4.78 is 52.8. The summed E-state index contributed by atoms with van der Waals surface area (Å²) in [6.45, 7) is 0.319. The molecule has 1 aliphatic rings. The average Bonchev–Trinajstić information content (AvgIpc) is 3.07. The molecule has 128 valence electrons. The lowest BCUT2D eigenvalue weighted by atomic mass is 9.99. The summed E-state index contributed by atoms with van der Waals surface area (Å²) in [6.07, 6.45) is -1.46. The molecule has 1 amide bonds. The zero-order valence-corrected chi connectivity index (χ0v) is 12.5. The predicted octanol–water partition coefficient (Wildman–Crippen LogP) is 3.33. The van der Waals surface area contributed by atoms with Crippen molar-refractivity contribution in [2.24, 2.45) is 0 Å². The smallest absolute Gasteiger partial charge is 0.328 e. The second kappa shape index (κ2) is 6.21. The van der Waals surface area contributed by atoms with Gasteiger partial charge in [-0.05, 0) is 31.4 Å². The number of nitrogens with one attached hydrogen (secondary N) is 1. The van der Waals surface area contributed by atoms with Gasteiger partial charge in [0.15, 0.2) is 0 Å². The number of piperidine rings is 1. The normalized spacial score (nSPS) is 18.7. The first kappa shape index (κ1) is 16.4. The van der Waals surface area contributed by atoms with Gasteiger partial charge in [-0.15, -0.1) is 0 Å². The van der Waals surface area contributed by atoms with Gasteiger partial charge in [0, 0.05) is 6.54 Å². The van der Waals surface area contributed by atoms with Crippen LogP contribution in [0, 0.1) is 5.82 Å². The number of carbonyl (C=O) groups is 1. The molecular formula is C15H14F4N4O. The number of aromatic nitrogens is 3. The van der Waals surface area contributed by atoms with Gasteiger partial charge in [0.05, 0.1) is 17.2 Å². The van der Waals surface area contributed by atoms with E-state index in [1.54, 1.807) is 0 Å². The van der Waals surface area contributed by atoms with Gasteiger partial charge in [0.2, 0.25) is 0 Å². The van der Waals surface area contributed by atoms with Crippen LogP contribution in [0.5, 0.6) is 0 Å². The third-order valence-electron chi connectivity index (χ3n) is 4.05. The van der Waals surface area contributed by atoms with Crippen LogP contribution in [0.1, 0.15) is 47.1 Å². The van der Waals surface area contributed by atoms with Gasteiger partial charge < -0.3 is 4.90 Å². The molecule has 0 bridgehead atoms. The Bertz CT molecular complexity index is 730. The van der Waals surface area contributed by atoms with Crippen molar-refractivity contribution in [2.45, 2.75) is 31.5 Å². The van der Waals surface area contributed by atoms with E-state index in [0.29, 0.717) is 31.3 Å². The topological polar surface area (TPSA) is 61.9 Å². The lowest BCUT2D eigenvalue weighted by molar-refractivity contribution is -0.140. The molecule has 1 aliphatic heterocycles. The highest BCUT2D eigenvalue weighted by molar-refractivity contribution is 5.95. The Morgan fingerprint density at radius 3 is 2.75 bits per heavy atom. The quantitative estimate of drug-likeness (QED) is 0.852. The molecule has 1 fully saturated rings. The Kier molecular flexibility index (Phi) is 4.25. The largest absolute Gasteiger partial charge is 0.419 e. The highest BCUT2D eigenvalue weighted by Gasteiger charge is 2.38. The van der Waals surface area contributed by atoms with Gasteiger partial charge in [0.1, 0.15) is 18.0 Å². The van der Waals surface area contributed by atoms with Crippen molar-refractivity contribution < 1.29 is 22.4 Å². The van der Waals surface area contributed by atoms with Gasteiger partial charge in [0.25, 0.3) is 5.91 Å². The van der Waals surface area contributed by atoms with E-state index in [0.717, 1.165) is 18.6 Å². The molecule has 3 rings (SSSR count). The molecular weight excluding hydrogens is 328 g/mol. The number of nitrogens with zero attached hydrogens (tertiary/aromatic N) is 3. The summed E-state index contributed by atoms with van der Waals surface area (Å²) in [7, 11) is 0. The number of hydrogen-bond acceptors (Lipinski definition) is 3. The fourth-order valence-electron chi connectivity index (χ4n) is 2.91. The molecule has 2 heterocycles. The zero-order chi connectivity index (χ0) is 17.3. The van der Waals surface area contributed by atoms with E-state index >= 15 is 0 Å². The van der Waals surface area contributed by atoms with Gasteiger partial charge in [-0.3, -0.25) is 9.89 Å². The van der Waals surface area contributed by atoms with Gasteiger partial charge in [-0.25, -0.2) is 9.37 Å². The molecule has 1 saturated heterocycles. The lowest BCUT2D eigenvalue weighted by Gasteiger charge is -2.34. The van der Waals surface area contributed by atoms with E-state index in [-0.39, 0.29) is 0 Å². The minimum absolute atomic E-state index is 0.319. The molecule has 5 nitrogen and oxygen atoms in total. The summed E-state index contributed by atoms with van der Waals surface area (Å²) >= 11 is 0. The number of benzene rings is 1. The van der Waals surface area contributed by atoms with Crippen molar-refractivity contribution in [3.63, 3.8) is 0 Å². The summed E-state index contributed by atoms with van der Waals surface area (Å²) in [5.74, 6) is -1.88. The van der Waals surface area contributed by atoms with Crippen LogP contribution in [-0.2, 0) is 6.18 Å². The molecule has 1 atom stereocenters. The van der Waals surface area contributed by atoms with Crippen molar-refractivity contribution in [3.8, 4) is 0 Å². The third-order valence-corrected chi connectivity index (χ3v) is 4.05. The van der Waals surface area contributed by atoms with E-state index < -0.39 is 35.1 Å². The number of rotatable bonds is 2. The van der Waals surface area contributed by atoms with Crippen LogP contribution < -0.4 is 0 Å². The molecule has 0 aliphatic carbocycles. The number of likely N-dealkylation sites (tertiary alicyclic amines) is 1. The van der Waals surface area contributed by atoms with Crippen LogP contribution in [0.4, 0.5) is 17.6 Å². The number of H-pyrrole nitrogens is 1. The van der Waals surface area contributed by atoms with Crippen LogP contribution in [-0.4, -0.2) is 32.5 Å². The van der Waals surface area contributed by atoms with Gasteiger partial charge in [-0.2, -0.15) is 18.3 Å². The molecule has 0 radical (unpaired) electrons. The maximum atomic E-state index is 14.2. The van der Waals surface area contributed by atoms with Crippen LogP contribution in [0.25, 0.3) is 0 Å².